The number of cyclic esters (lactones) is 1. The van der Waals surface area contributed by atoms with Gasteiger partial charge in [-0.2, -0.15) is 13.2 Å². The minimum Gasteiger partial charge on any atom is -0.459 e. The van der Waals surface area contributed by atoms with Gasteiger partial charge in [0.1, 0.15) is 30.0 Å². The largest absolute Gasteiger partial charge is 0.459 e. The number of benzene rings is 1. The number of likely N-dealkylation sites (N-methyl/N-ethyl adjacent to an activating group) is 2. The van der Waals surface area contributed by atoms with Crippen molar-refractivity contribution >= 4 is 5.97 Å². The second-order valence-corrected chi connectivity index (χ2v) is 21.8. The number of aryl methyl sites for hydroxylation is 3. The van der Waals surface area contributed by atoms with Gasteiger partial charge < -0.3 is 59.0 Å². The number of aliphatic hydroxyl groups excluding tert-OH is 3. The summed E-state index contributed by atoms with van der Waals surface area (Å²) in [6, 6.07) is 4.12. The van der Waals surface area contributed by atoms with Crippen LogP contribution in [0.5, 0.6) is 0 Å². The fourth-order valence-corrected chi connectivity index (χ4v) is 11.6. The molecule has 0 radical (unpaired) electrons. The highest BCUT2D eigenvalue weighted by Gasteiger charge is 2.55. The highest BCUT2D eigenvalue weighted by molar-refractivity contribution is 5.73. The average molecular weight is 1000 g/mol. The fourth-order valence-electron chi connectivity index (χ4n) is 11.6. The summed E-state index contributed by atoms with van der Waals surface area (Å²) in [5, 5.41) is 68.4. The summed E-state index contributed by atoms with van der Waals surface area (Å²) in [6.45, 7) is 19.2. The topological polar surface area (TPSA) is 202 Å². The molecule has 0 spiro atoms. The molecule has 19 heteroatoms. The van der Waals surface area contributed by atoms with Crippen LogP contribution in [0.25, 0.3) is 0 Å². The zero-order chi connectivity index (χ0) is 52.3. The number of aromatic nitrogens is 3. The first-order valence-corrected chi connectivity index (χ1v) is 25.2. The molecule has 3 aliphatic rings. The van der Waals surface area contributed by atoms with Crippen molar-refractivity contribution in [2.75, 3.05) is 34.3 Å². The summed E-state index contributed by atoms with van der Waals surface area (Å²) in [7, 11) is 5.28. The molecule has 0 saturated carbocycles. The number of aliphatic hydroxyl groups is 5. The highest BCUT2D eigenvalue weighted by atomic mass is 19.4. The van der Waals surface area contributed by atoms with Crippen LogP contribution < -0.4 is 0 Å². The fraction of sp³-hybridized carbons (Fsp3) is 0.824. The van der Waals surface area contributed by atoms with E-state index in [9.17, 15) is 43.5 Å². The SMILES string of the molecule is CC[C@H]1OC(=O)[C@H](C)[C@@H](C2C[C@@](C)(OC)[C@@H](O)[C@H](C)O2)[C@H](C)[C@@H](O[C@@H]2O[C@H](C)C[C@H](N(C)CCCc3cn(CCc4ccc(C(F)(F)F)cc4)nn3)[C@H]2O)[C@](C)(O)C[C@@H](C)CN(C)[C@H](C)[C@@H](O)[C@]1(C)O. The lowest BCUT2D eigenvalue weighted by Crippen LogP contribution is -2.62. The molecular formula is C51H84F3N5O11. The Morgan fingerprint density at radius 1 is 0.957 bits per heavy atom. The molecule has 3 saturated heterocycles. The van der Waals surface area contributed by atoms with Gasteiger partial charge in [-0.1, -0.05) is 45.0 Å². The van der Waals surface area contributed by atoms with Crippen molar-refractivity contribution in [2.45, 2.75) is 211 Å². The van der Waals surface area contributed by atoms with Crippen molar-refractivity contribution in [2.24, 2.45) is 23.7 Å². The van der Waals surface area contributed by atoms with E-state index in [0.717, 1.165) is 23.4 Å². The van der Waals surface area contributed by atoms with Crippen LogP contribution >= 0.6 is 0 Å². The van der Waals surface area contributed by atoms with Crippen LogP contribution in [0.3, 0.4) is 0 Å². The minimum atomic E-state index is -4.39. The Bertz CT molecular complexity index is 1960. The van der Waals surface area contributed by atoms with E-state index >= 15 is 0 Å². The number of methoxy groups -OCH3 is 1. The van der Waals surface area contributed by atoms with Gasteiger partial charge >= 0.3 is 12.1 Å². The van der Waals surface area contributed by atoms with Crippen molar-refractivity contribution in [1.29, 1.82) is 0 Å². The molecule has 3 aliphatic heterocycles. The molecule has 0 amide bonds. The van der Waals surface area contributed by atoms with Crippen LogP contribution in [0.15, 0.2) is 30.5 Å². The van der Waals surface area contributed by atoms with Crippen LogP contribution in [0.2, 0.25) is 0 Å². The van der Waals surface area contributed by atoms with Gasteiger partial charge in [0.15, 0.2) is 6.29 Å². The third-order valence-electron chi connectivity index (χ3n) is 15.9. The predicted molar refractivity (Wildman–Crippen MR) is 255 cm³/mol. The van der Waals surface area contributed by atoms with Crippen LogP contribution in [-0.2, 0) is 54.0 Å². The quantitative estimate of drug-likeness (QED) is 0.167. The summed E-state index contributed by atoms with van der Waals surface area (Å²) >= 11 is 0. The molecular weight excluding hydrogens is 916 g/mol. The molecule has 3 fully saturated rings. The normalized spacial score (nSPS) is 40.1. The van der Waals surface area contributed by atoms with Crippen molar-refractivity contribution < 1.29 is 67.2 Å². The number of rotatable bonds is 13. The van der Waals surface area contributed by atoms with Gasteiger partial charge in [0.05, 0.1) is 52.8 Å². The molecule has 70 heavy (non-hydrogen) atoms. The molecule has 0 bridgehead atoms. The Balaban J connectivity index is 1.39. The zero-order valence-electron chi connectivity index (χ0n) is 43.7. The Labute approximate surface area is 413 Å². The lowest BCUT2D eigenvalue weighted by Gasteiger charge is -2.51. The van der Waals surface area contributed by atoms with Gasteiger partial charge in [0.2, 0.25) is 0 Å². The van der Waals surface area contributed by atoms with Crippen molar-refractivity contribution in [3.05, 3.63) is 47.3 Å². The van der Waals surface area contributed by atoms with Crippen LogP contribution in [0.4, 0.5) is 13.2 Å². The first-order chi connectivity index (χ1) is 32.5. The number of halogens is 3. The standard InChI is InChI=1S/C51H84F3N5O11/c1-14-40-50(10,65)43(61)33(6)58(12)27-29(2)25-48(8,64)45(31(4)41(32(5)46(63)69-40)39-26-49(9,66-13)44(62)34(7)68-39)70-47-42(60)38(24-30(3)67-47)57(11)22-15-16-37-28-59(56-55-37)23-21-35-17-19-36(20-18-35)51(52,53)54/h17-20,28-34,38-45,47,60-62,64-65H,14-16,21-27H2,1-13H3/t29-,30-,31+,32-,33-,34+,38+,39?,40-,41+,42-,43-,44+,45-,47+,48-,49-,50-/m1/s1. The van der Waals surface area contributed by atoms with Crippen molar-refractivity contribution in [3.8, 4) is 0 Å². The maximum absolute atomic E-state index is 14.6. The van der Waals surface area contributed by atoms with E-state index in [4.69, 9.17) is 23.7 Å². The van der Waals surface area contributed by atoms with E-state index in [2.05, 4.69) is 15.2 Å². The molecule has 1 unspecified atom stereocenters. The maximum atomic E-state index is 14.6. The van der Waals surface area contributed by atoms with Gasteiger partial charge in [-0.15, -0.1) is 5.10 Å². The third kappa shape index (κ3) is 13.7. The van der Waals surface area contributed by atoms with Gasteiger partial charge in [0, 0.05) is 50.8 Å². The molecule has 18 atom stereocenters. The van der Waals surface area contributed by atoms with Crippen LogP contribution in [0, 0.1) is 23.7 Å². The van der Waals surface area contributed by atoms with Gasteiger partial charge in [-0.25, -0.2) is 0 Å². The number of hydrogen-bond acceptors (Lipinski definition) is 15. The first-order valence-electron chi connectivity index (χ1n) is 25.2. The van der Waals surface area contributed by atoms with Crippen molar-refractivity contribution in [3.63, 3.8) is 0 Å². The Morgan fingerprint density at radius 2 is 1.61 bits per heavy atom. The smallest absolute Gasteiger partial charge is 0.416 e. The lowest BCUT2D eigenvalue weighted by molar-refractivity contribution is -0.303. The maximum Gasteiger partial charge on any atom is 0.416 e. The number of ether oxygens (including phenoxy) is 5. The summed E-state index contributed by atoms with van der Waals surface area (Å²) in [6.07, 6.45) is -8.34. The molecule has 5 rings (SSSR count). The van der Waals surface area contributed by atoms with Crippen molar-refractivity contribution in [1.82, 2.24) is 24.8 Å². The van der Waals surface area contributed by atoms with Gasteiger partial charge in [-0.05, 0) is 130 Å². The molecule has 1 aromatic carbocycles. The number of carbonyl (C=O) groups excluding carboxylic acids is 1. The monoisotopic (exact) mass is 1000 g/mol. The zero-order valence-corrected chi connectivity index (χ0v) is 43.7. The molecule has 4 heterocycles. The second kappa shape index (κ2) is 23.6. The number of carbonyl (C=O) groups is 1. The first kappa shape index (κ1) is 58.1. The van der Waals surface area contributed by atoms with Crippen LogP contribution in [-0.4, -0.2) is 175 Å². The summed E-state index contributed by atoms with van der Waals surface area (Å²) in [5.41, 5.74) is -3.68. The number of esters is 1. The van der Waals surface area contributed by atoms with Gasteiger partial charge in [0.25, 0.3) is 0 Å². The number of hydrogen-bond donors (Lipinski definition) is 5. The molecule has 1 aromatic heterocycles. The Kier molecular flexibility index (Phi) is 19.6. The summed E-state index contributed by atoms with van der Waals surface area (Å²) < 4.78 is 72.8. The van der Waals surface area contributed by atoms with Gasteiger partial charge in [-0.3, -0.25) is 9.48 Å². The number of nitrogens with zero attached hydrogens (tertiary/aromatic N) is 5. The van der Waals surface area contributed by atoms with E-state index < -0.39 is 113 Å². The molecule has 400 valence electrons. The average Bonchev–Trinajstić information content (AvgIpc) is 3.75. The molecule has 16 nitrogen and oxygen atoms in total. The van der Waals surface area contributed by atoms with E-state index in [1.165, 1.54) is 26.2 Å². The van der Waals surface area contributed by atoms with E-state index in [1.807, 2.05) is 46.0 Å². The van der Waals surface area contributed by atoms with E-state index in [0.29, 0.717) is 45.3 Å². The second-order valence-electron chi connectivity index (χ2n) is 21.8. The van der Waals surface area contributed by atoms with E-state index in [1.54, 1.807) is 46.2 Å². The summed E-state index contributed by atoms with van der Waals surface area (Å²) in [4.78, 5) is 18.6. The van der Waals surface area contributed by atoms with E-state index in [-0.39, 0.29) is 31.3 Å². The Hall–Kier alpha value is -2.82. The molecule has 5 N–H and O–H groups in total. The minimum absolute atomic E-state index is 0.175. The Morgan fingerprint density at radius 3 is 2.23 bits per heavy atom. The lowest BCUT2D eigenvalue weighted by atomic mass is 9.68. The highest BCUT2D eigenvalue weighted by Crippen LogP contribution is 2.45. The molecule has 2 aromatic rings. The van der Waals surface area contributed by atoms with Crippen LogP contribution in [0.1, 0.15) is 118 Å². The summed E-state index contributed by atoms with van der Waals surface area (Å²) in [5.74, 6) is -3.22. The third-order valence-corrected chi connectivity index (χ3v) is 15.9. The number of alkyl halides is 3. The molecule has 0 aliphatic carbocycles. The predicted octanol–water partition coefficient (Wildman–Crippen LogP) is 5.03.